The standard InChI is InChI=1S/C18H16ClN3O3/c1-10-6-15(22-11(2)21-10)13(9-20)17(23)12-7-14(19)18-16(8-12)24-4-3-5-25-18/h6-8,13H,3-5H2,1-2H3/t13-/m0/s1. The third-order valence-electron chi connectivity index (χ3n) is 3.76. The molecule has 0 saturated carbocycles. The zero-order chi connectivity index (χ0) is 18.0. The highest BCUT2D eigenvalue weighted by Crippen LogP contribution is 2.39. The van der Waals surface area contributed by atoms with Crippen LogP contribution < -0.4 is 9.47 Å². The number of aromatic nitrogens is 2. The third kappa shape index (κ3) is 3.57. The summed E-state index contributed by atoms with van der Waals surface area (Å²) in [5.41, 5.74) is 1.36. The Bertz CT molecular complexity index is 856. The van der Waals surface area contributed by atoms with Crippen LogP contribution in [0.3, 0.4) is 0 Å². The number of halogens is 1. The number of aryl methyl sites for hydroxylation is 2. The molecule has 0 N–H and O–H groups in total. The fourth-order valence-corrected chi connectivity index (χ4v) is 2.96. The van der Waals surface area contributed by atoms with Crippen LogP contribution in [-0.2, 0) is 0 Å². The molecule has 1 aliphatic rings. The first kappa shape index (κ1) is 17.2. The highest BCUT2D eigenvalue weighted by atomic mass is 35.5. The van der Waals surface area contributed by atoms with E-state index in [0.717, 1.165) is 6.42 Å². The van der Waals surface area contributed by atoms with E-state index in [1.54, 1.807) is 26.0 Å². The van der Waals surface area contributed by atoms with Gasteiger partial charge in [0.2, 0.25) is 0 Å². The van der Waals surface area contributed by atoms with Crippen molar-refractivity contribution in [1.82, 2.24) is 9.97 Å². The van der Waals surface area contributed by atoms with E-state index in [0.29, 0.717) is 41.9 Å². The minimum Gasteiger partial charge on any atom is -0.489 e. The number of ketones is 1. The SMILES string of the molecule is Cc1cc([C@H](C#N)C(=O)c2cc(Cl)c3c(c2)OCCCO3)nc(C)n1. The number of fused-ring (bicyclic) bond motifs is 1. The van der Waals surface area contributed by atoms with E-state index in [9.17, 15) is 10.1 Å². The number of ether oxygens (including phenoxy) is 2. The maximum atomic E-state index is 12.9. The maximum absolute atomic E-state index is 12.9. The van der Waals surface area contributed by atoms with Gasteiger partial charge in [0, 0.05) is 17.7 Å². The monoisotopic (exact) mass is 357 g/mol. The zero-order valence-electron chi connectivity index (χ0n) is 13.9. The highest BCUT2D eigenvalue weighted by molar-refractivity contribution is 6.32. The predicted octanol–water partition coefficient (Wildman–Crippen LogP) is 3.40. The summed E-state index contributed by atoms with van der Waals surface area (Å²) in [4.78, 5) is 21.3. The fourth-order valence-electron chi connectivity index (χ4n) is 2.69. The van der Waals surface area contributed by atoms with Gasteiger partial charge in [-0.15, -0.1) is 0 Å². The Kier molecular flexibility index (Phi) is 4.86. The summed E-state index contributed by atoms with van der Waals surface area (Å²) < 4.78 is 11.2. The van der Waals surface area contributed by atoms with E-state index >= 15 is 0 Å². The number of Topliss-reactive ketones (excluding diaryl/α,β-unsaturated/α-hetero) is 1. The summed E-state index contributed by atoms with van der Waals surface area (Å²) in [7, 11) is 0. The second kappa shape index (κ2) is 7.08. The molecule has 25 heavy (non-hydrogen) atoms. The molecule has 0 fully saturated rings. The van der Waals surface area contributed by atoms with Gasteiger partial charge in [-0.05, 0) is 32.0 Å². The molecule has 1 atom stereocenters. The molecule has 2 aromatic rings. The molecule has 1 aromatic heterocycles. The van der Waals surface area contributed by atoms with Crippen LogP contribution in [0, 0.1) is 25.2 Å². The third-order valence-corrected chi connectivity index (χ3v) is 4.04. The summed E-state index contributed by atoms with van der Waals surface area (Å²) in [5.74, 6) is -0.0726. The molecule has 0 saturated heterocycles. The predicted molar refractivity (Wildman–Crippen MR) is 91.2 cm³/mol. The first-order valence-electron chi connectivity index (χ1n) is 7.84. The molecule has 128 valence electrons. The second-order valence-electron chi connectivity index (χ2n) is 5.74. The Balaban J connectivity index is 2.00. The van der Waals surface area contributed by atoms with Gasteiger partial charge in [-0.25, -0.2) is 9.97 Å². The Morgan fingerprint density at radius 1 is 1.24 bits per heavy atom. The molecule has 1 aromatic carbocycles. The Hall–Kier alpha value is -2.65. The van der Waals surface area contributed by atoms with E-state index in [-0.39, 0.29) is 10.6 Å². The summed E-state index contributed by atoms with van der Waals surface area (Å²) in [5, 5.41) is 9.81. The second-order valence-corrected chi connectivity index (χ2v) is 6.15. The van der Waals surface area contributed by atoms with Gasteiger partial charge >= 0.3 is 0 Å². The van der Waals surface area contributed by atoms with E-state index in [1.807, 2.05) is 6.07 Å². The van der Waals surface area contributed by atoms with E-state index in [2.05, 4.69) is 9.97 Å². The van der Waals surface area contributed by atoms with Crippen molar-refractivity contribution in [2.24, 2.45) is 0 Å². The lowest BCUT2D eigenvalue weighted by atomic mass is 9.95. The molecule has 0 unspecified atom stereocenters. The molecule has 7 heteroatoms. The summed E-state index contributed by atoms with van der Waals surface area (Å²) >= 11 is 6.24. The minimum atomic E-state index is -1.04. The van der Waals surface area contributed by atoms with E-state index in [4.69, 9.17) is 21.1 Å². The van der Waals surface area contributed by atoms with Crippen molar-refractivity contribution in [1.29, 1.82) is 5.26 Å². The van der Waals surface area contributed by atoms with Crippen molar-refractivity contribution in [2.45, 2.75) is 26.2 Å². The Morgan fingerprint density at radius 2 is 2.00 bits per heavy atom. The average Bonchev–Trinajstić information content (AvgIpc) is 2.80. The molecular weight excluding hydrogens is 342 g/mol. The highest BCUT2D eigenvalue weighted by Gasteiger charge is 2.26. The molecular formula is C18H16ClN3O3. The number of rotatable bonds is 3. The first-order chi connectivity index (χ1) is 12.0. The van der Waals surface area contributed by atoms with Crippen LogP contribution in [0.25, 0.3) is 0 Å². The lowest BCUT2D eigenvalue weighted by molar-refractivity contribution is 0.0977. The minimum absolute atomic E-state index is 0.287. The molecule has 2 heterocycles. The molecule has 0 amide bonds. The number of hydrogen-bond acceptors (Lipinski definition) is 6. The van der Waals surface area contributed by atoms with Gasteiger partial charge in [-0.2, -0.15) is 5.26 Å². The number of carbonyl (C=O) groups excluding carboxylic acids is 1. The van der Waals surface area contributed by atoms with E-state index in [1.165, 1.54) is 6.07 Å². The molecule has 6 nitrogen and oxygen atoms in total. The average molecular weight is 358 g/mol. The number of nitrogens with zero attached hydrogens (tertiary/aromatic N) is 3. The normalized spacial score (nSPS) is 14.3. The van der Waals surface area contributed by atoms with Crippen LogP contribution in [0.2, 0.25) is 5.02 Å². The van der Waals surface area contributed by atoms with Crippen molar-refractivity contribution in [2.75, 3.05) is 13.2 Å². The van der Waals surface area contributed by atoms with Crippen LogP contribution >= 0.6 is 11.6 Å². The number of nitriles is 1. The van der Waals surface area contributed by atoms with Gasteiger partial charge < -0.3 is 9.47 Å². The van der Waals surface area contributed by atoms with E-state index < -0.39 is 11.7 Å². The largest absolute Gasteiger partial charge is 0.489 e. The Morgan fingerprint density at radius 3 is 2.72 bits per heavy atom. The van der Waals surface area contributed by atoms with Crippen molar-refractivity contribution in [3.05, 3.63) is 46.0 Å². The topological polar surface area (TPSA) is 85.1 Å². The summed E-state index contributed by atoms with van der Waals surface area (Å²) in [6, 6.07) is 6.74. The fraction of sp³-hybridized carbons (Fsp3) is 0.333. The van der Waals surface area contributed by atoms with Gasteiger partial charge in [0.05, 0.1) is 30.0 Å². The van der Waals surface area contributed by atoms with Gasteiger partial charge in [-0.1, -0.05) is 11.6 Å². The molecule has 0 radical (unpaired) electrons. The molecule has 3 rings (SSSR count). The summed E-state index contributed by atoms with van der Waals surface area (Å²) in [6.07, 6.45) is 0.731. The van der Waals surface area contributed by atoms with Crippen molar-refractivity contribution < 1.29 is 14.3 Å². The molecule has 0 bridgehead atoms. The Labute approximate surface area is 150 Å². The van der Waals surface area contributed by atoms with Crippen LogP contribution in [0.5, 0.6) is 11.5 Å². The van der Waals surface area contributed by atoms with Gasteiger partial charge in [0.1, 0.15) is 5.82 Å². The van der Waals surface area contributed by atoms with Gasteiger partial charge in [0.15, 0.2) is 23.2 Å². The molecule has 1 aliphatic heterocycles. The zero-order valence-corrected chi connectivity index (χ0v) is 14.6. The van der Waals surface area contributed by atoms with Crippen LogP contribution in [0.15, 0.2) is 18.2 Å². The van der Waals surface area contributed by atoms with Crippen LogP contribution in [0.4, 0.5) is 0 Å². The lowest BCUT2D eigenvalue weighted by Gasteiger charge is -2.13. The van der Waals surface area contributed by atoms with Crippen molar-refractivity contribution >= 4 is 17.4 Å². The number of benzene rings is 1. The van der Waals surface area contributed by atoms with Crippen molar-refractivity contribution in [3.8, 4) is 17.6 Å². The van der Waals surface area contributed by atoms with Gasteiger partial charge in [0.25, 0.3) is 0 Å². The van der Waals surface area contributed by atoms with Crippen LogP contribution in [0.1, 0.15) is 39.9 Å². The number of carbonyl (C=O) groups is 1. The maximum Gasteiger partial charge on any atom is 0.186 e. The lowest BCUT2D eigenvalue weighted by Crippen LogP contribution is -2.14. The molecule has 0 spiro atoms. The first-order valence-corrected chi connectivity index (χ1v) is 8.22. The quantitative estimate of drug-likeness (QED) is 0.782. The molecule has 0 aliphatic carbocycles. The van der Waals surface area contributed by atoms with Crippen molar-refractivity contribution in [3.63, 3.8) is 0 Å². The smallest absolute Gasteiger partial charge is 0.186 e. The summed E-state index contributed by atoms with van der Waals surface area (Å²) in [6.45, 7) is 4.49. The van der Waals surface area contributed by atoms with Crippen LogP contribution in [-0.4, -0.2) is 29.0 Å². The number of hydrogen-bond donors (Lipinski definition) is 0. The van der Waals surface area contributed by atoms with Gasteiger partial charge in [-0.3, -0.25) is 4.79 Å².